The standard InChI is InChI=1S/C17H23N5O3S/c1-3-12(2)22-17(23)15-10-16(21-11-20-15)19-9-8-13-4-6-14(7-5-13)26(18,24)25/h4-7,10-12H,3,8-9H2,1-2H3,(H,22,23)(H2,18,24,25)(H,19,20,21). The number of aromatic nitrogens is 2. The Morgan fingerprint density at radius 3 is 2.54 bits per heavy atom. The number of anilines is 1. The molecule has 0 saturated carbocycles. The van der Waals surface area contributed by atoms with Crippen molar-refractivity contribution in [3.05, 3.63) is 47.9 Å². The van der Waals surface area contributed by atoms with Crippen LogP contribution in [0.2, 0.25) is 0 Å². The molecular formula is C17H23N5O3S. The van der Waals surface area contributed by atoms with Crippen LogP contribution in [-0.4, -0.2) is 36.9 Å². The van der Waals surface area contributed by atoms with E-state index in [0.717, 1.165) is 12.0 Å². The normalized spacial score (nSPS) is 12.4. The Bertz CT molecular complexity index is 853. The molecule has 0 aliphatic heterocycles. The molecule has 2 aromatic rings. The van der Waals surface area contributed by atoms with Gasteiger partial charge in [-0.1, -0.05) is 19.1 Å². The highest BCUT2D eigenvalue weighted by Crippen LogP contribution is 2.10. The molecule has 8 nitrogen and oxygen atoms in total. The van der Waals surface area contributed by atoms with Crippen LogP contribution in [0.15, 0.2) is 41.6 Å². The predicted molar refractivity (Wildman–Crippen MR) is 99.3 cm³/mol. The quantitative estimate of drug-likeness (QED) is 0.636. The second-order valence-electron chi connectivity index (χ2n) is 5.94. The van der Waals surface area contributed by atoms with Gasteiger partial charge in [0.1, 0.15) is 17.8 Å². The molecule has 1 aromatic carbocycles. The van der Waals surface area contributed by atoms with Crippen molar-refractivity contribution in [3.8, 4) is 0 Å². The van der Waals surface area contributed by atoms with Gasteiger partial charge < -0.3 is 10.6 Å². The second kappa shape index (κ2) is 8.72. The van der Waals surface area contributed by atoms with Gasteiger partial charge in [0.05, 0.1) is 4.90 Å². The zero-order valence-electron chi connectivity index (χ0n) is 14.8. The van der Waals surface area contributed by atoms with Gasteiger partial charge in [0, 0.05) is 18.7 Å². The Morgan fingerprint density at radius 1 is 1.23 bits per heavy atom. The molecule has 1 atom stereocenters. The number of amides is 1. The summed E-state index contributed by atoms with van der Waals surface area (Å²) in [6.45, 7) is 4.49. The zero-order valence-corrected chi connectivity index (χ0v) is 15.6. The number of rotatable bonds is 8. The smallest absolute Gasteiger partial charge is 0.270 e. The molecule has 0 bridgehead atoms. The number of primary sulfonamides is 1. The third-order valence-electron chi connectivity index (χ3n) is 3.86. The van der Waals surface area contributed by atoms with Crippen LogP contribution in [0, 0.1) is 0 Å². The van der Waals surface area contributed by atoms with E-state index in [2.05, 4.69) is 20.6 Å². The maximum atomic E-state index is 12.1. The Kier molecular flexibility index (Phi) is 6.64. The highest BCUT2D eigenvalue weighted by molar-refractivity contribution is 7.89. The summed E-state index contributed by atoms with van der Waals surface area (Å²) in [6.07, 6.45) is 2.84. The van der Waals surface area contributed by atoms with Gasteiger partial charge in [-0.25, -0.2) is 23.5 Å². The summed E-state index contributed by atoms with van der Waals surface area (Å²) in [6, 6.07) is 8.06. The van der Waals surface area contributed by atoms with Crippen LogP contribution in [0.5, 0.6) is 0 Å². The van der Waals surface area contributed by atoms with Crippen LogP contribution in [0.4, 0.5) is 5.82 Å². The first-order chi connectivity index (χ1) is 12.3. The molecule has 2 rings (SSSR count). The van der Waals surface area contributed by atoms with Gasteiger partial charge in [-0.2, -0.15) is 0 Å². The monoisotopic (exact) mass is 377 g/mol. The van der Waals surface area contributed by atoms with E-state index in [1.807, 2.05) is 13.8 Å². The number of hydrogen-bond acceptors (Lipinski definition) is 6. The van der Waals surface area contributed by atoms with Gasteiger partial charge >= 0.3 is 0 Å². The first-order valence-electron chi connectivity index (χ1n) is 8.28. The number of carbonyl (C=O) groups is 1. The highest BCUT2D eigenvalue weighted by Gasteiger charge is 2.11. The number of nitrogens with one attached hydrogen (secondary N) is 2. The van der Waals surface area contributed by atoms with E-state index in [1.54, 1.807) is 18.2 Å². The second-order valence-corrected chi connectivity index (χ2v) is 7.50. The maximum Gasteiger partial charge on any atom is 0.270 e. The fourth-order valence-electron chi connectivity index (χ4n) is 2.16. The lowest BCUT2D eigenvalue weighted by Crippen LogP contribution is -2.32. The first kappa shape index (κ1) is 19.8. The van der Waals surface area contributed by atoms with E-state index in [4.69, 9.17) is 5.14 Å². The molecule has 0 saturated heterocycles. The van der Waals surface area contributed by atoms with Crippen LogP contribution < -0.4 is 15.8 Å². The number of nitrogens with two attached hydrogens (primary N) is 1. The van der Waals surface area contributed by atoms with E-state index >= 15 is 0 Å². The van der Waals surface area contributed by atoms with Gasteiger partial charge in [-0.3, -0.25) is 4.79 Å². The molecule has 0 fully saturated rings. The molecule has 1 amide bonds. The summed E-state index contributed by atoms with van der Waals surface area (Å²) in [5.74, 6) is 0.318. The van der Waals surface area contributed by atoms with Crippen molar-refractivity contribution in [2.75, 3.05) is 11.9 Å². The zero-order chi connectivity index (χ0) is 19.2. The van der Waals surface area contributed by atoms with E-state index in [0.29, 0.717) is 24.5 Å². The van der Waals surface area contributed by atoms with E-state index in [1.165, 1.54) is 18.5 Å². The molecule has 26 heavy (non-hydrogen) atoms. The molecule has 4 N–H and O–H groups in total. The minimum absolute atomic E-state index is 0.0779. The largest absolute Gasteiger partial charge is 0.370 e. The first-order valence-corrected chi connectivity index (χ1v) is 9.82. The molecule has 0 aliphatic carbocycles. The lowest BCUT2D eigenvalue weighted by molar-refractivity contribution is 0.0934. The Balaban J connectivity index is 1.92. The molecule has 0 aliphatic rings. The van der Waals surface area contributed by atoms with Crippen molar-refractivity contribution in [2.24, 2.45) is 5.14 Å². The minimum atomic E-state index is -3.68. The lowest BCUT2D eigenvalue weighted by atomic mass is 10.1. The van der Waals surface area contributed by atoms with Crippen molar-refractivity contribution < 1.29 is 13.2 Å². The average Bonchev–Trinajstić information content (AvgIpc) is 2.61. The molecular weight excluding hydrogens is 354 g/mol. The Hall–Kier alpha value is -2.52. The number of hydrogen-bond donors (Lipinski definition) is 3. The fourth-order valence-corrected chi connectivity index (χ4v) is 2.67. The van der Waals surface area contributed by atoms with Crippen molar-refractivity contribution in [1.82, 2.24) is 15.3 Å². The summed E-state index contributed by atoms with van der Waals surface area (Å²) in [5, 5.41) is 11.1. The lowest BCUT2D eigenvalue weighted by Gasteiger charge is -2.11. The van der Waals surface area contributed by atoms with E-state index in [-0.39, 0.29) is 16.8 Å². The van der Waals surface area contributed by atoms with Crippen LogP contribution in [0.25, 0.3) is 0 Å². The summed E-state index contributed by atoms with van der Waals surface area (Å²) >= 11 is 0. The summed E-state index contributed by atoms with van der Waals surface area (Å²) in [4.78, 5) is 20.3. The predicted octanol–water partition coefficient (Wildman–Crippen LogP) is 1.31. The Morgan fingerprint density at radius 2 is 1.92 bits per heavy atom. The van der Waals surface area contributed by atoms with Crippen LogP contribution in [0.1, 0.15) is 36.3 Å². The average molecular weight is 377 g/mol. The number of carbonyl (C=O) groups excluding carboxylic acids is 1. The number of sulfonamides is 1. The molecule has 1 unspecified atom stereocenters. The van der Waals surface area contributed by atoms with E-state index in [9.17, 15) is 13.2 Å². The van der Waals surface area contributed by atoms with Crippen LogP contribution >= 0.6 is 0 Å². The number of benzene rings is 1. The summed E-state index contributed by atoms with van der Waals surface area (Å²) < 4.78 is 22.5. The van der Waals surface area contributed by atoms with E-state index < -0.39 is 10.0 Å². The molecule has 1 aromatic heterocycles. The topological polar surface area (TPSA) is 127 Å². The van der Waals surface area contributed by atoms with Crippen molar-refractivity contribution in [1.29, 1.82) is 0 Å². The molecule has 1 heterocycles. The summed E-state index contributed by atoms with van der Waals surface area (Å²) in [5.41, 5.74) is 1.26. The summed E-state index contributed by atoms with van der Waals surface area (Å²) in [7, 11) is -3.68. The fraction of sp³-hybridized carbons (Fsp3) is 0.353. The van der Waals surface area contributed by atoms with Crippen molar-refractivity contribution in [2.45, 2.75) is 37.6 Å². The maximum absolute atomic E-state index is 12.1. The molecule has 140 valence electrons. The molecule has 0 spiro atoms. The third kappa shape index (κ3) is 5.78. The SMILES string of the molecule is CCC(C)NC(=O)c1cc(NCCc2ccc(S(N)(=O)=O)cc2)ncn1. The minimum Gasteiger partial charge on any atom is -0.370 e. The van der Waals surface area contributed by atoms with Gasteiger partial charge in [0.25, 0.3) is 5.91 Å². The van der Waals surface area contributed by atoms with Gasteiger partial charge in [-0.05, 0) is 37.5 Å². The molecule has 0 radical (unpaired) electrons. The third-order valence-corrected chi connectivity index (χ3v) is 4.79. The molecule has 9 heteroatoms. The van der Waals surface area contributed by atoms with Gasteiger partial charge in [0.2, 0.25) is 10.0 Å². The van der Waals surface area contributed by atoms with Gasteiger partial charge in [0.15, 0.2) is 0 Å². The van der Waals surface area contributed by atoms with Crippen molar-refractivity contribution in [3.63, 3.8) is 0 Å². The van der Waals surface area contributed by atoms with Crippen LogP contribution in [-0.2, 0) is 16.4 Å². The van der Waals surface area contributed by atoms with Crippen molar-refractivity contribution >= 4 is 21.7 Å². The van der Waals surface area contributed by atoms with Crippen LogP contribution in [0.3, 0.4) is 0 Å². The van der Waals surface area contributed by atoms with Gasteiger partial charge in [-0.15, -0.1) is 0 Å². The highest BCUT2D eigenvalue weighted by atomic mass is 32.2. The Labute approximate surface area is 153 Å². The number of nitrogens with zero attached hydrogens (tertiary/aromatic N) is 2.